The zero-order valence-electron chi connectivity index (χ0n) is 8.75. The molecule has 5 heteroatoms. The maximum absolute atomic E-state index is 8.82. The van der Waals surface area contributed by atoms with Gasteiger partial charge in [-0.2, -0.15) is 5.26 Å². The lowest BCUT2D eigenvalue weighted by atomic mass is 10.0. The summed E-state index contributed by atoms with van der Waals surface area (Å²) < 4.78 is 0. The molecule has 2 rings (SSSR count). The topological polar surface area (TPSA) is 39.9 Å². The summed E-state index contributed by atoms with van der Waals surface area (Å²) in [7, 11) is 0. The summed E-state index contributed by atoms with van der Waals surface area (Å²) in [6.45, 7) is 5.39. The number of hydrogen-bond acceptors (Lipinski definition) is 4. The molecule has 0 saturated carbocycles. The number of rotatable bonds is 1. The molecule has 0 spiro atoms. The van der Waals surface area contributed by atoms with Crippen molar-refractivity contribution in [3.8, 4) is 6.07 Å². The normalized spacial score (nSPS) is 19.2. The van der Waals surface area contributed by atoms with Crippen LogP contribution in [0, 0.1) is 11.3 Å². The van der Waals surface area contributed by atoms with E-state index in [9.17, 15) is 0 Å². The van der Waals surface area contributed by atoms with Crippen LogP contribution in [0.1, 0.15) is 31.6 Å². The minimum Gasteiger partial charge on any atom is -0.343 e. The highest BCUT2D eigenvalue weighted by Gasteiger charge is 2.34. The molecule has 0 bridgehead atoms. The third-order valence-corrected chi connectivity index (χ3v) is 4.18. The van der Waals surface area contributed by atoms with Gasteiger partial charge in [0, 0.05) is 12.1 Å². The standard InChI is InChI=1S/C10H12ClN3S/c1-10(2)4-3-5-14(10)9-13-8(11)7(6-12)15-9/h3-5H2,1-2H3. The molecule has 1 saturated heterocycles. The molecule has 1 aromatic heterocycles. The third-order valence-electron chi connectivity index (χ3n) is 2.81. The zero-order valence-corrected chi connectivity index (χ0v) is 10.3. The molecular formula is C10H12ClN3S. The van der Waals surface area contributed by atoms with E-state index in [0.29, 0.717) is 10.0 Å². The Kier molecular flexibility index (Phi) is 2.61. The highest BCUT2D eigenvalue weighted by Crippen LogP contribution is 2.37. The largest absolute Gasteiger partial charge is 0.343 e. The highest BCUT2D eigenvalue weighted by atomic mass is 35.5. The lowest BCUT2D eigenvalue weighted by Gasteiger charge is -2.31. The van der Waals surface area contributed by atoms with Gasteiger partial charge in [-0.25, -0.2) is 4.98 Å². The van der Waals surface area contributed by atoms with E-state index in [1.807, 2.05) is 0 Å². The fourth-order valence-corrected chi connectivity index (χ4v) is 3.17. The van der Waals surface area contributed by atoms with Crippen LogP contribution in [0.2, 0.25) is 5.15 Å². The number of hydrogen-bond donors (Lipinski definition) is 0. The number of thiazole rings is 1. The molecule has 1 aliphatic rings. The Bertz CT molecular complexity index is 419. The second kappa shape index (κ2) is 3.66. The third kappa shape index (κ3) is 1.82. The Morgan fingerprint density at radius 3 is 2.80 bits per heavy atom. The molecule has 0 aromatic carbocycles. The minimum absolute atomic E-state index is 0.133. The molecule has 0 atom stereocenters. The molecule has 0 amide bonds. The number of anilines is 1. The summed E-state index contributed by atoms with van der Waals surface area (Å²) in [5.41, 5.74) is 0.133. The van der Waals surface area contributed by atoms with Gasteiger partial charge in [-0.1, -0.05) is 22.9 Å². The van der Waals surface area contributed by atoms with Crippen molar-refractivity contribution >= 4 is 28.1 Å². The fourth-order valence-electron chi connectivity index (χ4n) is 1.94. The predicted molar refractivity (Wildman–Crippen MR) is 62.5 cm³/mol. The maximum atomic E-state index is 8.82. The van der Waals surface area contributed by atoms with Crippen LogP contribution < -0.4 is 4.90 Å². The van der Waals surface area contributed by atoms with E-state index in [2.05, 4.69) is 29.8 Å². The Labute approximate surface area is 98.3 Å². The molecule has 1 aromatic rings. The summed E-state index contributed by atoms with van der Waals surface area (Å²) >= 11 is 7.25. The Balaban J connectivity index is 2.34. The molecule has 0 aliphatic carbocycles. The monoisotopic (exact) mass is 241 g/mol. The molecular weight excluding hydrogens is 230 g/mol. The molecule has 1 fully saturated rings. The van der Waals surface area contributed by atoms with Crippen molar-refractivity contribution in [2.75, 3.05) is 11.4 Å². The van der Waals surface area contributed by atoms with Crippen molar-refractivity contribution in [2.45, 2.75) is 32.2 Å². The number of aromatic nitrogens is 1. The van der Waals surface area contributed by atoms with Crippen LogP contribution >= 0.6 is 22.9 Å². The second-order valence-electron chi connectivity index (χ2n) is 4.30. The van der Waals surface area contributed by atoms with Crippen LogP contribution in [-0.2, 0) is 0 Å². The van der Waals surface area contributed by atoms with Crippen molar-refractivity contribution < 1.29 is 0 Å². The fraction of sp³-hybridized carbons (Fsp3) is 0.600. The van der Waals surface area contributed by atoms with Crippen LogP contribution in [0.25, 0.3) is 0 Å². The van der Waals surface area contributed by atoms with Gasteiger partial charge >= 0.3 is 0 Å². The highest BCUT2D eigenvalue weighted by molar-refractivity contribution is 7.16. The average Bonchev–Trinajstić information content (AvgIpc) is 2.68. The van der Waals surface area contributed by atoms with Crippen molar-refractivity contribution in [1.29, 1.82) is 5.26 Å². The van der Waals surface area contributed by atoms with Crippen molar-refractivity contribution in [1.82, 2.24) is 4.98 Å². The molecule has 80 valence electrons. The molecule has 0 N–H and O–H groups in total. The summed E-state index contributed by atoms with van der Waals surface area (Å²) in [4.78, 5) is 7.00. The van der Waals surface area contributed by atoms with Gasteiger partial charge in [0.2, 0.25) is 0 Å². The van der Waals surface area contributed by atoms with Crippen molar-refractivity contribution in [3.05, 3.63) is 10.0 Å². The van der Waals surface area contributed by atoms with E-state index in [1.165, 1.54) is 17.8 Å². The van der Waals surface area contributed by atoms with Gasteiger partial charge in [-0.3, -0.25) is 0 Å². The molecule has 15 heavy (non-hydrogen) atoms. The van der Waals surface area contributed by atoms with Gasteiger partial charge in [-0.05, 0) is 26.7 Å². The molecule has 1 aliphatic heterocycles. The quantitative estimate of drug-likeness (QED) is 0.759. The lowest BCUT2D eigenvalue weighted by Crippen LogP contribution is -2.37. The summed E-state index contributed by atoms with van der Waals surface area (Å²) in [5.74, 6) is 0. The van der Waals surface area contributed by atoms with E-state index >= 15 is 0 Å². The Morgan fingerprint density at radius 2 is 2.33 bits per heavy atom. The van der Waals surface area contributed by atoms with E-state index in [4.69, 9.17) is 16.9 Å². The Hall–Kier alpha value is -0.790. The van der Waals surface area contributed by atoms with Crippen molar-refractivity contribution in [3.63, 3.8) is 0 Å². The first-order valence-electron chi connectivity index (χ1n) is 4.89. The average molecular weight is 242 g/mol. The maximum Gasteiger partial charge on any atom is 0.188 e. The molecule has 3 nitrogen and oxygen atoms in total. The van der Waals surface area contributed by atoms with Gasteiger partial charge in [0.1, 0.15) is 10.9 Å². The molecule has 0 radical (unpaired) electrons. The minimum atomic E-state index is 0.133. The van der Waals surface area contributed by atoms with Crippen LogP contribution in [0.4, 0.5) is 5.13 Å². The summed E-state index contributed by atoms with van der Waals surface area (Å²) in [6.07, 6.45) is 2.33. The number of halogens is 1. The van der Waals surface area contributed by atoms with Gasteiger partial charge in [-0.15, -0.1) is 0 Å². The van der Waals surface area contributed by atoms with Gasteiger partial charge in [0.05, 0.1) is 0 Å². The van der Waals surface area contributed by atoms with Crippen LogP contribution in [-0.4, -0.2) is 17.1 Å². The van der Waals surface area contributed by atoms with Crippen LogP contribution in [0.3, 0.4) is 0 Å². The SMILES string of the molecule is CC1(C)CCCN1c1nc(Cl)c(C#N)s1. The number of nitriles is 1. The van der Waals surface area contributed by atoms with Gasteiger partial charge in [0.25, 0.3) is 0 Å². The van der Waals surface area contributed by atoms with Gasteiger partial charge in [0.15, 0.2) is 10.3 Å². The smallest absolute Gasteiger partial charge is 0.188 e. The molecule has 2 heterocycles. The zero-order chi connectivity index (χ0) is 11.1. The number of nitrogens with zero attached hydrogens (tertiary/aromatic N) is 3. The van der Waals surface area contributed by atoms with E-state index in [1.54, 1.807) is 0 Å². The predicted octanol–water partition coefficient (Wildman–Crippen LogP) is 3.05. The van der Waals surface area contributed by atoms with Crippen molar-refractivity contribution in [2.24, 2.45) is 0 Å². The molecule has 0 unspecified atom stereocenters. The first-order valence-corrected chi connectivity index (χ1v) is 6.08. The van der Waals surface area contributed by atoms with E-state index in [-0.39, 0.29) is 5.54 Å². The summed E-state index contributed by atoms with van der Waals surface area (Å²) in [6, 6.07) is 2.06. The Morgan fingerprint density at radius 1 is 1.60 bits per heavy atom. The first-order chi connectivity index (χ1) is 7.04. The van der Waals surface area contributed by atoms with Gasteiger partial charge < -0.3 is 4.90 Å². The van der Waals surface area contributed by atoms with E-state index < -0.39 is 0 Å². The van der Waals surface area contributed by atoms with Crippen LogP contribution in [0.15, 0.2) is 0 Å². The summed E-state index contributed by atoms with van der Waals surface area (Å²) in [5, 5.41) is 10.0. The van der Waals surface area contributed by atoms with Crippen LogP contribution in [0.5, 0.6) is 0 Å². The van der Waals surface area contributed by atoms with E-state index in [0.717, 1.165) is 18.1 Å². The second-order valence-corrected chi connectivity index (χ2v) is 5.63. The first kappa shape index (κ1) is 10.7. The lowest BCUT2D eigenvalue weighted by molar-refractivity contribution is 0.517.